The quantitative estimate of drug-likeness (QED) is 0.774. The van der Waals surface area contributed by atoms with Gasteiger partial charge in [-0.3, -0.25) is 4.79 Å². The van der Waals surface area contributed by atoms with Gasteiger partial charge >= 0.3 is 0 Å². The van der Waals surface area contributed by atoms with E-state index in [1.54, 1.807) is 14.1 Å². The zero-order valence-electron chi connectivity index (χ0n) is 15.0. The Bertz CT molecular complexity index is 684. The van der Waals surface area contributed by atoms with Crippen molar-refractivity contribution in [2.75, 3.05) is 32.6 Å². The molecule has 2 aromatic rings. The number of benzene rings is 2. The van der Waals surface area contributed by atoms with Crippen LogP contribution in [0.25, 0.3) is 0 Å². The number of nitrogens with one attached hydrogen (secondary N) is 1. The Morgan fingerprint density at radius 1 is 1.20 bits per heavy atom. The Morgan fingerprint density at radius 3 is 2.56 bits per heavy atom. The van der Waals surface area contributed by atoms with Crippen molar-refractivity contribution >= 4 is 11.6 Å². The van der Waals surface area contributed by atoms with Crippen LogP contribution in [0.1, 0.15) is 24.1 Å². The molecule has 134 valence electrons. The second kappa shape index (κ2) is 9.08. The Labute approximate surface area is 149 Å². The van der Waals surface area contributed by atoms with Gasteiger partial charge in [0.2, 0.25) is 0 Å². The summed E-state index contributed by atoms with van der Waals surface area (Å²) in [6, 6.07) is 15.9. The van der Waals surface area contributed by atoms with Crippen molar-refractivity contribution in [2.45, 2.75) is 19.4 Å². The summed E-state index contributed by atoms with van der Waals surface area (Å²) in [6.45, 7) is 2.27. The summed E-state index contributed by atoms with van der Waals surface area (Å²) < 4.78 is 5.57. The molecule has 1 unspecified atom stereocenters. The predicted octanol–water partition coefficient (Wildman–Crippen LogP) is 2.86. The number of hydrogen-bond donors (Lipinski definition) is 2. The van der Waals surface area contributed by atoms with E-state index in [1.165, 1.54) is 4.90 Å². The minimum atomic E-state index is -0.0699. The fraction of sp³-hybridized carbons (Fsp3) is 0.350. The average molecular weight is 342 g/mol. The molecule has 2 aromatic carbocycles. The largest absolute Gasteiger partial charge is 0.484 e. The van der Waals surface area contributed by atoms with Crippen molar-refractivity contribution in [3.05, 3.63) is 59.7 Å². The maximum Gasteiger partial charge on any atom is 0.259 e. The third kappa shape index (κ3) is 5.80. The highest BCUT2D eigenvalue weighted by molar-refractivity contribution is 5.77. The summed E-state index contributed by atoms with van der Waals surface area (Å²) in [5.74, 6) is 0.610. The molecule has 1 amide bonds. The van der Waals surface area contributed by atoms with Crippen LogP contribution in [0.5, 0.6) is 5.75 Å². The molecule has 0 aliphatic carbocycles. The summed E-state index contributed by atoms with van der Waals surface area (Å²) in [5.41, 5.74) is 3.21. The van der Waals surface area contributed by atoms with Crippen molar-refractivity contribution in [3.8, 4) is 5.75 Å². The normalized spacial score (nSPS) is 11.7. The topological polar surface area (TPSA) is 61.8 Å². The summed E-state index contributed by atoms with van der Waals surface area (Å²) in [4.78, 5) is 13.1. The van der Waals surface area contributed by atoms with Gasteiger partial charge in [-0.2, -0.15) is 0 Å². The van der Waals surface area contributed by atoms with Crippen molar-refractivity contribution in [3.63, 3.8) is 0 Å². The van der Waals surface area contributed by atoms with Gasteiger partial charge < -0.3 is 20.1 Å². The van der Waals surface area contributed by atoms with Crippen molar-refractivity contribution in [1.82, 2.24) is 4.90 Å². The Kier molecular flexibility index (Phi) is 6.83. The Hall–Kier alpha value is -2.53. The van der Waals surface area contributed by atoms with Crippen LogP contribution >= 0.6 is 0 Å². The van der Waals surface area contributed by atoms with E-state index in [4.69, 9.17) is 9.84 Å². The molecule has 0 aromatic heterocycles. The number of ether oxygens (including phenoxy) is 1. The van der Waals surface area contributed by atoms with Crippen LogP contribution < -0.4 is 10.1 Å². The summed E-state index contributed by atoms with van der Waals surface area (Å²) >= 11 is 0. The zero-order chi connectivity index (χ0) is 18.2. The smallest absolute Gasteiger partial charge is 0.259 e. The number of rotatable bonds is 8. The van der Waals surface area contributed by atoms with E-state index < -0.39 is 0 Å². The van der Waals surface area contributed by atoms with E-state index in [9.17, 15) is 4.79 Å². The molecule has 0 aliphatic heterocycles. The van der Waals surface area contributed by atoms with Crippen molar-refractivity contribution < 1.29 is 14.6 Å². The van der Waals surface area contributed by atoms with Crippen LogP contribution in [0, 0.1) is 0 Å². The third-order valence-electron chi connectivity index (χ3n) is 3.96. The maximum atomic E-state index is 11.6. The molecule has 1 atom stereocenters. The first-order chi connectivity index (χ1) is 12.0. The van der Waals surface area contributed by atoms with Gasteiger partial charge in [0.25, 0.3) is 5.91 Å². The number of carbonyl (C=O) groups is 1. The molecule has 2 rings (SSSR count). The van der Waals surface area contributed by atoms with Gasteiger partial charge in [0, 0.05) is 32.4 Å². The maximum absolute atomic E-state index is 11.6. The molecule has 5 nitrogen and oxygen atoms in total. The lowest BCUT2D eigenvalue weighted by Crippen LogP contribution is -2.27. The SMILES string of the molecule is CC(Nc1ccc(CCO)cc1)c1cccc(OCC(=O)N(C)C)c1. The lowest BCUT2D eigenvalue weighted by atomic mass is 10.1. The molecule has 0 saturated heterocycles. The van der Waals surface area contributed by atoms with Crippen molar-refractivity contribution in [2.24, 2.45) is 0 Å². The average Bonchev–Trinajstić information content (AvgIpc) is 2.61. The first-order valence-electron chi connectivity index (χ1n) is 8.39. The van der Waals surface area contributed by atoms with Gasteiger partial charge in [0.15, 0.2) is 6.61 Å². The van der Waals surface area contributed by atoms with E-state index >= 15 is 0 Å². The summed E-state index contributed by atoms with van der Waals surface area (Å²) in [5, 5.41) is 12.4. The standard InChI is InChI=1S/C20H26N2O3/c1-15(21-18-9-7-16(8-10-18)11-12-23)17-5-4-6-19(13-17)25-14-20(24)22(2)3/h4-10,13,15,21,23H,11-12,14H2,1-3H3. The van der Waals surface area contributed by atoms with Crippen molar-refractivity contribution in [1.29, 1.82) is 0 Å². The van der Waals surface area contributed by atoms with E-state index in [2.05, 4.69) is 12.2 Å². The number of nitrogens with zero attached hydrogens (tertiary/aromatic N) is 1. The van der Waals surface area contributed by atoms with E-state index in [0.29, 0.717) is 12.2 Å². The number of hydrogen-bond acceptors (Lipinski definition) is 4. The molecular formula is C20H26N2O3. The van der Waals surface area contributed by atoms with Gasteiger partial charge in [-0.05, 0) is 48.7 Å². The fourth-order valence-electron chi connectivity index (χ4n) is 2.38. The molecule has 0 bridgehead atoms. The number of amides is 1. The van der Waals surface area contributed by atoms with Gasteiger partial charge in [-0.1, -0.05) is 24.3 Å². The highest BCUT2D eigenvalue weighted by atomic mass is 16.5. The number of anilines is 1. The lowest BCUT2D eigenvalue weighted by molar-refractivity contribution is -0.130. The molecule has 0 fully saturated rings. The predicted molar refractivity (Wildman–Crippen MR) is 99.9 cm³/mol. The van der Waals surface area contributed by atoms with Gasteiger partial charge in [0.1, 0.15) is 5.75 Å². The first-order valence-corrected chi connectivity index (χ1v) is 8.39. The third-order valence-corrected chi connectivity index (χ3v) is 3.96. The van der Waals surface area contributed by atoms with Crippen LogP contribution in [-0.4, -0.2) is 43.2 Å². The molecule has 5 heteroatoms. The van der Waals surface area contributed by atoms with E-state index in [0.717, 1.165) is 16.8 Å². The van der Waals surface area contributed by atoms with Crippen LogP contribution in [0.15, 0.2) is 48.5 Å². The molecule has 25 heavy (non-hydrogen) atoms. The molecule has 0 saturated carbocycles. The van der Waals surface area contributed by atoms with Crippen LogP contribution in [0.2, 0.25) is 0 Å². The highest BCUT2D eigenvalue weighted by Gasteiger charge is 2.09. The molecule has 0 heterocycles. The van der Waals surface area contributed by atoms with Gasteiger partial charge in [-0.15, -0.1) is 0 Å². The van der Waals surface area contributed by atoms with Crippen LogP contribution in [-0.2, 0) is 11.2 Å². The second-order valence-corrected chi connectivity index (χ2v) is 6.19. The van der Waals surface area contributed by atoms with Crippen LogP contribution in [0.3, 0.4) is 0 Å². The first kappa shape index (κ1) is 18.8. The number of likely N-dealkylation sites (N-methyl/N-ethyl adjacent to an activating group) is 1. The van der Waals surface area contributed by atoms with E-state index in [-0.39, 0.29) is 25.2 Å². The Balaban J connectivity index is 1.98. The second-order valence-electron chi connectivity index (χ2n) is 6.19. The minimum absolute atomic E-state index is 0.0323. The van der Waals surface area contributed by atoms with E-state index in [1.807, 2.05) is 48.5 Å². The fourth-order valence-corrected chi connectivity index (χ4v) is 2.38. The molecular weight excluding hydrogens is 316 g/mol. The monoisotopic (exact) mass is 342 g/mol. The molecule has 0 radical (unpaired) electrons. The molecule has 2 N–H and O–H groups in total. The lowest BCUT2D eigenvalue weighted by Gasteiger charge is -2.17. The number of aliphatic hydroxyl groups is 1. The van der Waals surface area contributed by atoms with Gasteiger partial charge in [-0.25, -0.2) is 0 Å². The number of carbonyl (C=O) groups excluding carboxylic acids is 1. The Morgan fingerprint density at radius 2 is 1.92 bits per heavy atom. The summed E-state index contributed by atoms with van der Waals surface area (Å²) in [6.07, 6.45) is 0.668. The van der Waals surface area contributed by atoms with Crippen LogP contribution in [0.4, 0.5) is 5.69 Å². The minimum Gasteiger partial charge on any atom is -0.484 e. The number of aliphatic hydroxyl groups excluding tert-OH is 1. The summed E-state index contributed by atoms with van der Waals surface area (Å²) in [7, 11) is 3.42. The van der Waals surface area contributed by atoms with Gasteiger partial charge in [0.05, 0.1) is 0 Å². The zero-order valence-corrected chi connectivity index (χ0v) is 15.0. The molecule has 0 aliphatic rings. The molecule has 0 spiro atoms. The highest BCUT2D eigenvalue weighted by Crippen LogP contribution is 2.23.